The summed E-state index contributed by atoms with van der Waals surface area (Å²) in [7, 11) is -5.65. The van der Waals surface area contributed by atoms with Gasteiger partial charge in [-0.25, -0.2) is 30.4 Å². The van der Waals surface area contributed by atoms with Crippen LogP contribution in [0.25, 0.3) is 0 Å². The molecular formula is C35H32ClF5N2O6S. The minimum atomic E-state index is -5.65. The van der Waals surface area contributed by atoms with Gasteiger partial charge in [0.15, 0.2) is 34.5 Å². The fourth-order valence-electron chi connectivity index (χ4n) is 5.97. The molecule has 0 heterocycles. The van der Waals surface area contributed by atoms with Crippen molar-refractivity contribution in [3.05, 3.63) is 123 Å². The highest BCUT2D eigenvalue weighted by molar-refractivity contribution is 7.89. The molecule has 3 N–H and O–H groups in total. The second kappa shape index (κ2) is 15.4. The van der Waals surface area contributed by atoms with Gasteiger partial charge in [0, 0.05) is 28.9 Å². The lowest BCUT2D eigenvalue weighted by Gasteiger charge is -2.28. The van der Waals surface area contributed by atoms with Crippen LogP contribution in [0.4, 0.5) is 27.6 Å². The monoisotopic (exact) mass is 738 g/mol. The molecule has 1 amide bonds. The first kappa shape index (κ1) is 37.2. The third kappa shape index (κ3) is 7.79. The maximum atomic E-state index is 14.9. The molecule has 0 unspecified atom stereocenters. The Morgan fingerprint density at radius 2 is 1.42 bits per heavy atom. The zero-order chi connectivity index (χ0) is 36.3. The molecular weight excluding hydrogens is 707 g/mol. The van der Waals surface area contributed by atoms with Gasteiger partial charge in [0.25, 0.3) is 0 Å². The Hall–Kier alpha value is -4.08. The van der Waals surface area contributed by atoms with E-state index in [-0.39, 0.29) is 32.7 Å². The summed E-state index contributed by atoms with van der Waals surface area (Å²) in [5.74, 6) is -14.1. The maximum absolute atomic E-state index is 14.9. The van der Waals surface area contributed by atoms with Crippen molar-refractivity contribution in [2.45, 2.75) is 62.3 Å². The number of aliphatic hydroxyl groups excluding tert-OH is 1. The van der Waals surface area contributed by atoms with Crippen LogP contribution in [0.1, 0.15) is 66.6 Å². The molecule has 4 aromatic rings. The van der Waals surface area contributed by atoms with E-state index in [0.29, 0.717) is 11.5 Å². The van der Waals surface area contributed by atoms with Crippen LogP contribution in [0.2, 0.25) is 5.02 Å². The smallest absolute Gasteiger partial charge is 0.249 e. The third-order valence-corrected chi connectivity index (χ3v) is 10.9. The number of rotatable bonds is 11. The molecule has 0 atom stereocenters. The average Bonchev–Trinajstić information content (AvgIpc) is 3.09. The average molecular weight is 739 g/mol. The van der Waals surface area contributed by atoms with Gasteiger partial charge in [0.2, 0.25) is 21.7 Å². The maximum Gasteiger partial charge on any atom is 0.249 e. The number of anilines is 1. The number of aliphatic hydroxyl groups is 2. The van der Waals surface area contributed by atoms with Gasteiger partial charge in [-0.2, -0.15) is 4.31 Å². The van der Waals surface area contributed by atoms with Gasteiger partial charge in [-0.1, -0.05) is 73.3 Å². The van der Waals surface area contributed by atoms with E-state index in [1.54, 1.807) is 12.1 Å². The highest BCUT2D eigenvalue weighted by Gasteiger charge is 2.39. The van der Waals surface area contributed by atoms with Crippen LogP contribution in [0.5, 0.6) is 5.75 Å². The van der Waals surface area contributed by atoms with E-state index in [9.17, 15) is 50.5 Å². The van der Waals surface area contributed by atoms with Gasteiger partial charge in [-0.3, -0.25) is 4.79 Å². The number of nitrogens with zero attached hydrogens (tertiary/aromatic N) is 2. The lowest BCUT2D eigenvalue weighted by Crippen LogP contribution is -2.43. The number of aromatic hydroxyl groups is 1. The summed E-state index contributed by atoms with van der Waals surface area (Å²) in [4.78, 5) is 13.0. The fraction of sp³-hybridized carbons (Fsp3) is 0.286. The van der Waals surface area contributed by atoms with E-state index >= 15 is 0 Å². The molecule has 5 rings (SSSR count). The minimum Gasteiger partial charge on any atom is -0.507 e. The summed E-state index contributed by atoms with van der Waals surface area (Å²) in [6.07, 6.45) is 3.37. The number of benzene rings is 4. The molecule has 0 saturated heterocycles. The van der Waals surface area contributed by atoms with Crippen molar-refractivity contribution in [3.8, 4) is 5.75 Å². The summed E-state index contributed by atoms with van der Waals surface area (Å²) in [6, 6.07) is 16.4. The number of phenolic OH excluding ortho intramolecular Hbond substituents is 1. The van der Waals surface area contributed by atoms with Gasteiger partial charge < -0.3 is 20.2 Å². The predicted molar refractivity (Wildman–Crippen MR) is 174 cm³/mol. The number of hydrogen-bond donors (Lipinski definition) is 3. The first-order chi connectivity index (χ1) is 23.7. The number of hydrogen-bond acceptors (Lipinski definition) is 6. The Labute approximate surface area is 290 Å². The molecule has 1 aliphatic rings. The van der Waals surface area contributed by atoms with Gasteiger partial charge in [-0.05, 0) is 53.6 Å². The highest BCUT2D eigenvalue weighted by atomic mass is 35.5. The van der Waals surface area contributed by atoms with E-state index in [4.69, 9.17) is 11.6 Å². The van der Waals surface area contributed by atoms with Crippen molar-refractivity contribution in [1.29, 1.82) is 0 Å². The highest BCUT2D eigenvalue weighted by Crippen LogP contribution is 2.35. The Morgan fingerprint density at radius 1 is 0.820 bits per heavy atom. The number of amides is 1. The number of halogens is 6. The molecule has 50 heavy (non-hydrogen) atoms. The Morgan fingerprint density at radius 3 is 2.00 bits per heavy atom. The van der Waals surface area contributed by atoms with E-state index in [1.807, 2.05) is 12.1 Å². The normalized spacial score (nSPS) is 14.0. The zero-order valence-electron chi connectivity index (χ0n) is 26.3. The molecule has 1 fully saturated rings. The van der Waals surface area contributed by atoms with Crippen LogP contribution in [-0.2, 0) is 27.9 Å². The lowest BCUT2D eigenvalue weighted by molar-refractivity contribution is -0.119. The van der Waals surface area contributed by atoms with Crippen molar-refractivity contribution >= 4 is 33.2 Å². The van der Waals surface area contributed by atoms with Crippen molar-refractivity contribution in [1.82, 2.24) is 4.31 Å². The first-order valence-corrected chi connectivity index (χ1v) is 17.4. The van der Waals surface area contributed by atoms with Crippen molar-refractivity contribution in [2.75, 3.05) is 11.4 Å². The summed E-state index contributed by atoms with van der Waals surface area (Å²) in [5, 5.41) is 29.6. The fourth-order valence-corrected chi connectivity index (χ4v) is 7.65. The van der Waals surface area contributed by atoms with Gasteiger partial charge in [0.05, 0.1) is 13.1 Å². The van der Waals surface area contributed by atoms with Crippen LogP contribution in [0, 0.1) is 29.1 Å². The summed E-state index contributed by atoms with van der Waals surface area (Å²) >= 11 is 6.22. The first-order valence-electron chi connectivity index (χ1n) is 15.5. The molecule has 4 aromatic carbocycles. The van der Waals surface area contributed by atoms with Crippen LogP contribution in [0.3, 0.4) is 0 Å². The quantitative estimate of drug-likeness (QED) is 0.0649. The van der Waals surface area contributed by atoms with Crippen molar-refractivity contribution in [2.24, 2.45) is 0 Å². The molecule has 0 aromatic heterocycles. The second-order valence-electron chi connectivity index (χ2n) is 11.9. The minimum absolute atomic E-state index is 0.0180. The molecule has 266 valence electrons. The van der Waals surface area contributed by atoms with Crippen LogP contribution in [0.15, 0.2) is 71.6 Å². The van der Waals surface area contributed by atoms with Gasteiger partial charge in [0.1, 0.15) is 5.75 Å². The van der Waals surface area contributed by atoms with E-state index < -0.39 is 75.0 Å². The molecule has 1 saturated carbocycles. The standard InChI is InChI=1S/C35H32ClF5N2O6S/c36-26-9-5-4-8-23(26)18-42(50(48,49)34-32(40)30(38)29(37)31(39)33(34)41)19-28(45)43(24-14-15-25(35(46)47)27(44)16-24)17-20-10-12-22(13-11-20)21-6-2-1-3-7-21/h4-5,8-16,21,35,44,46-47H,1-3,6-7,17-19H2. The van der Waals surface area contributed by atoms with Crippen LogP contribution in [-0.4, -0.2) is 40.5 Å². The van der Waals surface area contributed by atoms with E-state index in [2.05, 4.69) is 0 Å². The largest absolute Gasteiger partial charge is 0.507 e. The van der Waals surface area contributed by atoms with Crippen molar-refractivity contribution < 1.29 is 50.5 Å². The number of carbonyl (C=O) groups is 1. The SMILES string of the molecule is O=C(CN(Cc1ccccc1Cl)S(=O)(=O)c1c(F)c(F)c(F)c(F)c1F)N(Cc1ccc(C2CCCCC2)cc1)c1ccc(C(O)O)c(O)c1. The molecule has 0 aliphatic heterocycles. The number of phenols is 1. The molecule has 15 heteroatoms. The predicted octanol–water partition coefficient (Wildman–Crippen LogP) is 7.20. The van der Waals surface area contributed by atoms with Crippen LogP contribution < -0.4 is 4.90 Å². The van der Waals surface area contributed by atoms with Gasteiger partial charge >= 0.3 is 0 Å². The summed E-state index contributed by atoms with van der Waals surface area (Å²) in [5.41, 5.74) is 1.36. The summed E-state index contributed by atoms with van der Waals surface area (Å²) < 4.78 is 100.0. The Balaban J connectivity index is 1.56. The molecule has 0 bridgehead atoms. The number of sulfonamides is 1. The topological polar surface area (TPSA) is 118 Å². The van der Waals surface area contributed by atoms with E-state index in [0.717, 1.165) is 54.7 Å². The second-order valence-corrected chi connectivity index (χ2v) is 14.2. The zero-order valence-corrected chi connectivity index (χ0v) is 27.9. The van der Waals surface area contributed by atoms with Crippen LogP contribution >= 0.6 is 11.6 Å². The lowest BCUT2D eigenvalue weighted by atomic mass is 9.84. The van der Waals surface area contributed by atoms with Gasteiger partial charge in [-0.15, -0.1) is 0 Å². The Kier molecular flexibility index (Phi) is 11.5. The third-order valence-electron chi connectivity index (χ3n) is 8.69. The number of carbonyl (C=O) groups excluding carboxylic acids is 1. The Bertz CT molecular complexity index is 1960. The van der Waals surface area contributed by atoms with Crippen molar-refractivity contribution in [3.63, 3.8) is 0 Å². The molecule has 8 nitrogen and oxygen atoms in total. The summed E-state index contributed by atoms with van der Waals surface area (Å²) in [6.45, 7) is -2.25. The molecule has 0 spiro atoms. The van der Waals surface area contributed by atoms with E-state index in [1.165, 1.54) is 30.3 Å². The molecule has 0 radical (unpaired) electrons. The molecule has 1 aliphatic carbocycles.